The third-order valence-corrected chi connectivity index (χ3v) is 2.79. The molecule has 0 bridgehead atoms. The zero-order valence-electron chi connectivity index (χ0n) is 10.7. The number of aliphatic hydroxyl groups is 1. The van der Waals surface area contributed by atoms with Crippen molar-refractivity contribution < 1.29 is 5.11 Å². The minimum atomic E-state index is -0.665. The maximum Gasteiger partial charge on any atom is 0.0715 e. The lowest BCUT2D eigenvalue weighted by molar-refractivity contribution is 0.0794. The number of hydrogen-bond acceptors (Lipinski definition) is 2. The fraction of sp³-hybridized carbons (Fsp3) is 0.429. The standard InChI is InChI=1S/C14H20N2O/c1-10-5-4-6-11-7-12(16-13(10)11)8-15-9-14(2,3)17/h4-7,15-17H,8-9H2,1-3H3. The fourth-order valence-electron chi connectivity index (χ4n) is 1.96. The summed E-state index contributed by atoms with van der Waals surface area (Å²) >= 11 is 0. The number of H-pyrrole nitrogens is 1. The lowest BCUT2D eigenvalue weighted by Gasteiger charge is -2.17. The molecule has 3 heteroatoms. The molecule has 0 amide bonds. The van der Waals surface area contributed by atoms with E-state index in [0.717, 1.165) is 12.2 Å². The van der Waals surface area contributed by atoms with Gasteiger partial charge in [-0.1, -0.05) is 18.2 Å². The van der Waals surface area contributed by atoms with Crippen LogP contribution in [0.1, 0.15) is 25.1 Å². The summed E-state index contributed by atoms with van der Waals surface area (Å²) in [6.07, 6.45) is 0. The van der Waals surface area contributed by atoms with Gasteiger partial charge in [-0.05, 0) is 37.8 Å². The Morgan fingerprint density at radius 1 is 1.35 bits per heavy atom. The highest BCUT2D eigenvalue weighted by Gasteiger charge is 2.11. The minimum Gasteiger partial charge on any atom is -0.389 e. The third-order valence-electron chi connectivity index (χ3n) is 2.79. The Kier molecular flexibility index (Phi) is 3.22. The minimum absolute atomic E-state index is 0.585. The Hall–Kier alpha value is -1.32. The topological polar surface area (TPSA) is 48.0 Å². The number of nitrogens with one attached hydrogen (secondary N) is 2. The smallest absolute Gasteiger partial charge is 0.0715 e. The van der Waals surface area contributed by atoms with Gasteiger partial charge < -0.3 is 15.4 Å². The fourth-order valence-corrected chi connectivity index (χ4v) is 1.96. The molecule has 17 heavy (non-hydrogen) atoms. The van der Waals surface area contributed by atoms with Gasteiger partial charge in [0.2, 0.25) is 0 Å². The summed E-state index contributed by atoms with van der Waals surface area (Å²) in [5.41, 5.74) is 2.95. The van der Waals surface area contributed by atoms with E-state index in [1.807, 2.05) is 0 Å². The zero-order valence-corrected chi connectivity index (χ0v) is 10.7. The van der Waals surface area contributed by atoms with Crippen LogP contribution in [0, 0.1) is 6.92 Å². The molecule has 0 aliphatic carbocycles. The van der Waals surface area contributed by atoms with Gasteiger partial charge >= 0.3 is 0 Å². The van der Waals surface area contributed by atoms with Gasteiger partial charge in [-0.15, -0.1) is 0 Å². The number of aryl methyl sites for hydroxylation is 1. The summed E-state index contributed by atoms with van der Waals surface area (Å²) in [6, 6.07) is 8.43. The van der Waals surface area contributed by atoms with Crippen molar-refractivity contribution in [1.29, 1.82) is 0 Å². The highest BCUT2D eigenvalue weighted by molar-refractivity contribution is 5.83. The predicted molar refractivity (Wildman–Crippen MR) is 71.0 cm³/mol. The van der Waals surface area contributed by atoms with Crippen molar-refractivity contribution in [2.75, 3.05) is 6.54 Å². The number of fused-ring (bicyclic) bond motifs is 1. The molecule has 1 aromatic heterocycles. The van der Waals surface area contributed by atoms with Gasteiger partial charge in [0.1, 0.15) is 0 Å². The molecule has 0 aliphatic rings. The molecule has 92 valence electrons. The second kappa shape index (κ2) is 4.51. The van der Waals surface area contributed by atoms with E-state index in [1.54, 1.807) is 13.8 Å². The van der Waals surface area contributed by atoms with E-state index in [9.17, 15) is 5.11 Å². The maximum absolute atomic E-state index is 9.61. The van der Waals surface area contributed by atoms with Crippen LogP contribution in [0.3, 0.4) is 0 Å². The molecule has 0 radical (unpaired) electrons. The number of aromatic amines is 1. The molecular formula is C14H20N2O. The average Bonchev–Trinajstić information content (AvgIpc) is 2.60. The van der Waals surface area contributed by atoms with Crippen LogP contribution in [-0.4, -0.2) is 22.2 Å². The summed E-state index contributed by atoms with van der Waals surface area (Å²) in [5.74, 6) is 0. The summed E-state index contributed by atoms with van der Waals surface area (Å²) in [6.45, 7) is 7.04. The van der Waals surface area contributed by atoms with E-state index in [4.69, 9.17) is 0 Å². The first-order chi connectivity index (χ1) is 7.96. The van der Waals surface area contributed by atoms with Crippen LogP contribution in [-0.2, 0) is 6.54 Å². The molecule has 0 unspecified atom stereocenters. The van der Waals surface area contributed by atoms with E-state index in [2.05, 4.69) is 41.5 Å². The van der Waals surface area contributed by atoms with Gasteiger partial charge in [0.15, 0.2) is 0 Å². The van der Waals surface area contributed by atoms with Crippen LogP contribution in [0.25, 0.3) is 10.9 Å². The van der Waals surface area contributed by atoms with Crippen molar-refractivity contribution in [2.45, 2.75) is 32.9 Å². The van der Waals surface area contributed by atoms with Crippen molar-refractivity contribution >= 4 is 10.9 Å². The average molecular weight is 232 g/mol. The van der Waals surface area contributed by atoms with E-state index in [1.165, 1.54) is 16.5 Å². The Morgan fingerprint density at radius 3 is 2.76 bits per heavy atom. The molecule has 1 heterocycles. The van der Waals surface area contributed by atoms with Crippen LogP contribution in [0.2, 0.25) is 0 Å². The molecule has 0 saturated carbocycles. The highest BCUT2D eigenvalue weighted by atomic mass is 16.3. The lowest BCUT2D eigenvalue weighted by atomic mass is 10.1. The second-order valence-electron chi connectivity index (χ2n) is 5.25. The van der Waals surface area contributed by atoms with Crippen LogP contribution in [0.5, 0.6) is 0 Å². The molecular weight excluding hydrogens is 212 g/mol. The number of para-hydroxylation sites is 1. The first kappa shape index (κ1) is 12.1. The van der Waals surface area contributed by atoms with Crippen molar-refractivity contribution in [2.24, 2.45) is 0 Å². The normalized spacial score (nSPS) is 12.2. The van der Waals surface area contributed by atoms with Crippen molar-refractivity contribution in [3.63, 3.8) is 0 Å². The Morgan fingerprint density at radius 2 is 2.12 bits per heavy atom. The van der Waals surface area contributed by atoms with E-state index in [-0.39, 0.29) is 0 Å². The third kappa shape index (κ3) is 3.08. The zero-order chi connectivity index (χ0) is 12.5. The van der Waals surface area contributed by atoms with Gasteiger partial charge in [0, 0.05) is 24.3 Å². The summed E-state index contributed by atoms with van der Waals surface area (Å²) in [4.78, 5) is 3.41. The predicted octanol–water partition coefficient (Wildman–Crippen LogP) is 2.34. The van der Waals surface area contributed by atoms with E-state index < -0.39 is 5.60 Å². The summed E-state index contributed by atoms with van der Waals surface area (Å²) < 4.78 is 0. The second-order valence-corrected chi connectivity index (χ2v) is 5.25. The van der Waals surface area contributed by atoms with Crippen LogP contribution < -0.4 is 5.32 Å². The molecule has 0 saturated heterocycles. The van der Waals surface area contributed by atoms with Gasteiger partial charge in [0.25, 0.3) is 0 Å². The lowest BCUT2D eigenvalue weighted by Crippen LogP contribution is -2.34. The van der Waals surface area contributed by atoms with Gasteiger partial charge in [-0.2, -0.15) is 0 Å². The molecule has 3 nitrogen and oxygen atoms in total. The van der Waals surface area contributed by atoms with Crippen LogP contribution in [0.15, 0.2) is 24.3 Å². The number of aromatic nitrogens is 1. The number of rotatable bonds is 4. The van der Waals surface area contributed by atoms with E-state index in [0.29, 0.717) is 6.54 Å². The summed E-state index contributed by atoms with van der Waals surface area (Å²) in [7, 11) is 0. The quantitative estimate of drug-likeness (QED) is 0.757. The van der Waals surface area contributed by atoms with Crippen molar-refractivity contribution in [1.82, 2.24) is 10.3 Å². The molecule has 2 rings (SSSR count). The molecule has 0 atom stereocenters. The SMILES string of the molecule is Cc1cccc2cc(CNCC(C)(C)O)[nH]c12. The number of hydrogen-bond donors (Lipinski definition) is 3. The molecule has 0 fully saturated rings. The van der Waals surface area contributed by atoms with Gasteiger partial charge in [-0.3, -0.25) is 0 Å². The van der Waals surface area contributed by atoms with Gasteiger partial charge in [0.05, 0.1) is 5.60 Å². The van der Waals surface area contributed by atoms with Crippen molar-refractivity contribution in [3.8, 4) is 0 Å². The van der Waals surface area contributed by atoms with Crippen LogP contribution in [0.4, 0.5) is 0 Å². The van der Waals surface area contributed by atoms with Crippen LogP contribution >= 0.6 is 0 Å². The maximum atomic E-state index is 9.61. The molecule has 2 aromatic rings. The highest BCUT2D eigenvalue weighted by Crippen LogP contribution is 2.18. The number of benzene rings is 1. The first-order valence-electron chi connectivity index (χ1n) is 5.96. The largest absolute Gasteiger partial charge is 0.389 e. The molecule has 1 aromatic carbocycles. The Balaban J connectivity index is 2.07. The van der Waals surface area contributed by atoms with E-state index >= 15 is 0 Å². The molecule has 0 spiro atoms. The Bertz CT molecular complexity index is 508. The monoisotopic (exact) mass is 232 g/mol. The molecule has 3 N–H and O–H groups in total. The Labute approximate surface area is 102 Å². The van der Waals surface area contributed by atoms with Gasteiger partial charge in [-0.25, -0.2) is 0 Å². The first-order valence-corrected chi connectivity index (χ1v) is 5.96. The summed E-state index contributed by atoms with van der Waals surface area (Å²) in [5, 5.41) is 14.1. The molecule has 0 aliphatic heterocycles. The van der Waals surface area contributed by atoms with Crippen molar-refractivity contribution in [3.05, 3.63) is 35.5 Å².